The molecular weight excluding hydrogens is 288 g/mol. The van der Waals surface area contributed by atoms with Crippen molar-refractivity contribution in [2.75, 3.05) is 13.2 Å². The summed E-state index contributed by atoms with van der Waals surface area (Å²) >= 11 is 0. The second kappa shape index (κ2) is 6.93. The Morgan fingerprint density at radius 2 is 2.09 bits per heavy atom. The molecule has 22 heavy (non-hydrogen) atoms. The number of phenolic OH excluding ortho intramolecular Hbond substituents is 1. The van der Waals surface area contributed by atoms with E-state index in [1.807, 2.05) is 0 Å². The summed E-state index contributed by atoms with van der Waals surface area (Å²) in [6, 6.07) is 5.01. The highest BCUT2D eigenvalue weighted by molar-refractivity contribution is 5.92. The predicted octanol–water partition coefficient (Wildman–Crippen LogP) is 0.415. The van der Waals surface area contributed by atoms with Gasteiger partial charge in [0.15, 0.2) is 6.61 Å². The summed E-state index contributed by atoms with van der Waals surface area (Å²) < 4.78 is 4.93. The molecule has 1 aromatic carbocycles. The van der Waals surface area contributed by atoms with Gasteiger partial charge in [-0.05, 0) is 37.5 Å². The SMILES string of the molecule is NC(=O)[C@@H]1CCCCN1C(=O)COC(=O)c1cccc(O)c1. The predicted molar refractivity (Wildman–Crippen MR) is 76.9 cm³/mol. The third-order valence-corrected chi connectivity index (χ3v) is 3.56. The summed E-state index contributed by atoms with van der Waals surface area (Å²) in [7, 11) is 0. The van der Waals surface area contributed by atoms with Crippen molar-refractivity contribution < 1.29 is 24.2 Å². The van der Waals surface area contributed by atoms with Crippen molar-refractivity contribution in [3.05, 3.63) is 29.8 Å². The first kappa shape index (κ1) is 15.8. The molecule has 1 atom stereocenters. The number of nitrogens with two attached hydrogens (primary N) is 1. The van der Waals surface area contributed by atoms with Crippen LogP contribution in [-0.4, -0.2) is 47.0 Å². The second-order valence-electron chi connectivity index (χ2n) is 5.13. The molecule has 1 heterocycles. The number of primary amides is 1. The summed E-state index contributed by atoms with van der Waals surface area (Å²) in [5.74, 6) is -1.77. The molecule has 1 saturated heterocycles. The van der Waals surface area contributed by atoms with Gasteiger partial charge in [0.2, 0.25) is 5.91 Å². The Bertz CT molecular complexity index is 587. The first-order chi connectivity index (χ1) is 10.5. The van der Waals surface area contributed by atoms with Crippen molar-refractivity contribution in [3.63, 3.8) is 0 Å². The van der Waals surface area contributed by atoms with E-state index < -0.39 is 30.4 Å². The van der Waals surface area contributed by atoms with Crippen LogP contribution in [0, 0.1) is 0 Å². The smallest absolute Gasteiger partial charge is 0.338 e. The average Bonchev–Trinajstić information content (AvgIpc) is 2.52. The van der Waals surface area contributed by atoms with Crippen LogP contribution in [0.25, 0.3) is 0 Å². The van der Waals surface area contributed by atoms with E-state index in [-0.39, 0.29) is 11.3 Å². The summed E-state index contributed by atoms with van der Waals surface area (Å²) in [4.78, 5) is 36.6. The fourth-order valence-electron chi connectivity index (χ4n) is 2.45. The summed E-state index contributed by atoms with van der Waals surface area (Å²) in [5, 5.41) is 9.30. The van der Waals surface area contributed by atoms with E-state index >= 15 is 0 Å². The minimum Gasteiger partial charge on any atom is -0.508 e. The molecule has 2 rings (SSSR count). The number of phenols is 1. The van der Waals surface area contributed by atoms with Crippen LogP contribution in [0.4, 0.5) is 0 Å². The van der Waals surface area contributed by atoms with Crippen molar-refractivity contribution in [1.82, 2.24) is 4.90 Å². The first-order valence-corrected chi connectivity index (χ1v) is 7.04. The van der Waals surface area contributed by atoms with Crippen molar-refractivity contribution in [1.29, 1.82) is 0 Å². The van der Waals surface area contributed by atoms with E-state index in [9.17, 15) is 19.5 Å². The minimum absolute atomic E-state index is 0.0643. The number of rotatable bonds is 4. The molecule has 0 radical (unpaired) electrons. The number of hydrogen-bond acceptors (Lipinski definition) is 5. The highest BCUT2D eigenvalue weighted by Crippen LogP contribution is 2.17. The van der Waals surface area contributed by atoms with Gasteiger partial charge in [0.25, 0.3) is 5.91 Å². The number of carbonyl (C=O) groups excluding carboxylic acids is 3. The maximum atomic E-state index is 12.1. The monoisotopic (exact) mass is 306 g/mol. The Morgan fingerprint density at radius 3 is 2.77 bits per heavy atom. The Hall–Kier alpha value is -2.57. The highest BCUT2D eigenvalue weighted by atomic mass is 16.5. The molecule has 3 N–H and O–H groups in total. The van der Waals surface area contributed by atoms with Gasteiger partial charge >= 0.3 is 5.97 Å². The van der Waals surface area contributed by atoms with E-state index in [1.54, 1.807) is 0 Å². The van der Waals surface area contributed by atoms with Crippen LogP contribution in [0.5, 0.6) is 5.75 Å². The summed E-state index contributed by atoms with van der Waals surface area (Å²) in [5.41, 5.74) is 5.44. The van der Waals surface area contributed by atoms with Crippen molar-refractivity contribution in [3.8, 4) is 5.75 Å². The number of amides is 2. The van der Waals surface area contributed by atoms with Crippen molar-refractivity contribution >= 4 is 17.8 Å². The lowest BCUT2D eigenvalue weighted by Gasteiger charge is -2.33. The van der Waals surface area contributed by atoms with Gasteiger partial charge < -0.3 is 20.5 Å². The molecular formula is C15H18N2O5. The zero-order valence-corrected chi connectivity index (χ0v) is 12.0. The lowest BCUT2D eigenvalue weighted by Crippen LogP contribution is -2.51. The molecule has 1 fully saturated rings. The zero-order valence-electron chi connectivity index (χ0n) is 12.0. The largest absolute Gasteiger partial charge is 0.508 e. The number of esters is 1. The number of piperidine rings is 1. The topological polar surface area (TPSA) is 110 Å². The fraction of sp³-hybridized carbons (Fsp3) is 0.400. The maximum absolute atomic E-state index is 12.1. The Balaban J connectivity index is 1.94. The van der Waals surface area contributed by atoms with E-state index in [0.717, 1.165) is 12.8 Å². The molecule has 0 unspecified atom stereocenters. The van der Waals surface area contributed by atoms with Crippen molar-refractivity contribution in [2.24, 2.45) is 5.73 Å². The van der Waals surface area contributed by atoms with Gasteiger partial charge in [-0.2, -0.15) is 0 Å². The Kier molecular flexibility index (Phi) is 4.98. The molecule has 7 heteroatoms. The maximum Gasteiger partial charge on any atom is 0.338 e. The molecule has 0 aliphatic carbocycles. The van der Waals surface area contributed by atoms with Gasteiger partial charge in [0, 0.05) is 6.54 Å². The van der Waals surface area contributed by atoms with Gasteiger partial charge in [-0.3, -0.25) is 9.59 Å². The standard InChI is InChI=1S/C15H18N2O5/c16-14(20)12-6-1-2-7-17(12)13(19)9-22-15(21)10-4-3-5-11(18)8-10/h3-5,8,12,18H,1-2,6-7,9H2,(H2,16,20)/t12-/m0/s1. The minimum atomic E-state index is -0.711. The van der Waals surface area contributed by atoms with E-state index in [2.05, 4.69) is 0 Å². The van der Waals surface area contributed by atoms with Crippen LogP contribution in [0.1, 0.15) is 29.6 Å². The van der Waals surface area contributed by atoms with Crippen LogP contribution in [-0.2, 0) is 14.3 Å². The third kappa shape index (κ3) is 3.75. The second-order valence-corrected chi connectivity index (χ2v) is 5.13. The number of hydrogen-bond donors (Lipinski definition) is 2. The Morgan fingerprint density at radius 1 is 1.32 bits per heavy atom. The summed E-state index contributed by atoms with van der Waals surface area (Å²) in [6.45, 7) is -0.0333. The van der Waals surface area contributed by atoms with Crippen LogP contribution in [0.3, 0.4) is 0 Å². The average molecular weight is 306 g/mol. The normalized spacial score (nSPS) is 17.8. The van der Waals surface area contributed by atoms with Crippen LogP contribution < -0.4 is 5.73 Å². The Labute approximate surface area is 127 Å². The van der Waals surface area contributed by atoms with E-state index in [1.165, 1.54) is 29.2 Å². The van der Waals surface area contributed by atoms with E-state index in [4.69, 9.17) is 10.5 Å². The number of carbonyl (C=O) groups is 3. The molecule has 0 spiro atoms. The van der Waals surface area contributed by atoms with Crippen molar-refractivity contribution in [2.45, 2.75) is 25.3 Å². The van der Waals surface area contributed by atoms with Gasteiger partial charge in [-0.15, -0.1) is 0 Å². The third-order valence-electron chi connectivity index (χ3n) is 3.56. The molecule has 0 bridgehead atoms. The van der Waals surface area contributed by atoms with Crippen LogP contribution in [0.15, 0.2) is 24.3 Å². The number of aromatic hydroxyl groups is 1. The molecule has 2 amide bonds. The lowest BCUT2D eigenvalue weighted by atomic mass is 10.0. The molecule has 118 valence electrons. The number of nitrogens with zero attached hydrogens (tertiary/aromatic N) is 1. The number of likely N-dealkylation sites (tertiary alicyclic amines) is 1. The first-order valence-electron chi connectivity index (χ1n) is 7.04. The molecule has 1 aromatic rings. The highest BCUT2D eigenvalue weighted by Gasteiger charge is 2.31. The van der Waals surface area contributed by atoms with Crippen LogP contribution in [0.2, 0.25) is 0 Å². The zero-order chi connectivity index (χ0) is 16.1. The summed E-state index contributed by atoms with van der Waals surface area (Å²) in [6.07, 6.45) is 2.15. The van der Waals surface area contributed by atoms with Gasteiger partial charge in [0.1, 0.15) is 11.8 Å². The molecule has 7 nitrogen and oxygen atoms in total. The van der Waals surface area contributed by atoms with Gasteiger partial charge in [0.05, 0.1) is 5.56 Å². The van der Waals surface area contributed by atoms with Gasteiger partial charge in [-0.25, -0.2) is 4.79 Å². The number of benzene rings is 1. The molecule has 0 saturated carbocycles. The lowest BCUT2D eigenvalue weighted by molar-refractivity contribution is -0.143. The fourth-order valence-corrected chi connectivity index (χ4v) is 2.45. The molecule has 1 aliphatic heterocycles. The molecule has 1 aliphatic rings. The molecule has 0 aromatic heterocycles. The quantitative estimate of drug-likeness (QED) is 0.783. The van der Waals surface area contributed by atoms with Gasteiger partial charge in [-0.1, -0.05) is 6.07 Å². The number of ether oxygens (including phenoxy) is 1. The van der Waals surface area contributed by atoms with E-state index in [0.29, 0.717) is 13.0 Å². The van der Waals surface area contributed by atoms with Crippen LogP contribution >= 0.6 is 0 Å².